The number of halogens is 5. The number of nitrogens with zero attached hydrogens (tertiary/aromatic N) is 1. The van der Waals surface area contributed by atoms with Gasteiger partial charge in [0.1, 0.15) is 5.75 Å². The molecule has 4 nitrogen and oxygen atoms in total. The van der Waals surface area contributed by atoms with Crippen LogP contribution in [0, 0.1) is 0 Å². The van der Waals surface area contributed by atoms with E-state index in [1.807, 2.05) is 12.2 Å². The van der Waals surface area contributed by atoms with Gasteiger partial charge in [0.2, 0.25) is 0 Å². The van der Waals surface area contributed by atoms with Crippen molar-refractivity contribution in [2.45, 2.75) is 63.1 Å². The number of rotatable bonds is 6. The van der Waals surface area contributed by atoms with E-state index in [2.05, 4.69) is 9.64 Å². The molecule has 0 amide bonds. The Kier molecular flexibility index (Phi) is 6.38. The summed E-state index contributed by atoms with van der Waals surface area (Å²) in [6.07, 6.45) is 1.30. The van der Waals surface area contributed by atoms with Crippen LogP contribution in [-0.2, 0) is 4.74 Å². The number of fused-ring (bicyclic) bond motifs is 1. The van der Waals surface area contributed by atoms with Crippen molar-refractivity contribution in [2.24, 2.45) is 0 Å². The lowest BCUT2D eigenvalue weighted by molar-refractivity contribution is -0.271. The quantitative estimate of drug-likeness (QED) is 0.673. The smallest absolute Gasteiger partial charge is 0.419 e. The molecule has 1 unspecified atom stereocenters. The van der Waals surface area contributed by atoms with Gasteiger partial charge in [-0.15, -0.1) is 0 Å². The van der Waals surface area contributed by atoms with Gasteiger partial charge in [0.15, 0.2) is 5.60 Å². The van der Waals surface area contributed by atoms with Crippen LogP contribution in [0.3, 0.4) is 0 Å². The van der Waals surface area contributed by atoms with Gasteiger partial charge in [0.25, 0.3) is 0 Å². The second-order valence-electron chi connectivity index (χ2n) is 7.67. The van der Waals surface area contributed by atoms with Gasteiger partial charge in [0.05, 0.1) is 12.7 Å². The Hall–Kier alpha value is -1.87. The minimum atomic E-state index is -4.74. The van der Waals surface area contributed by atoms with Gasteiger partial charge < -0.3 is 19.5 Å². The van der Waals surface area contributed by atoms with Crippen LogP contribution in [0.2, 0.25) is 0 Å². The zero-order chi connectivity index (χ0) is 21.2. The Labute approximate surface area is 165 Å². The first-order valence-electron chi connectivity index (χ1n) is 9.49. The number of benzene rings is 1. The molecule has 1 aliphatic carbocycles. The van der Waals surface area contributed by atoms with Gasteiger partial charge in [-0.3, -0.25) is 0 Å². The van der Waals surface area contributed by atoms with Crippen molar-refractivity contribution in [3.8, 4) is 5.75 Å². The van der Waals surface area contributed by atoms with Gasteiger partial charge in [0, 0.05) is 24.3 Å². The Morgan fingerprint density at radius 1 is 1.17 bits per heavy atom. The molecule has 0 spiro atoms. The van der Waals surface area contributed by atoms with Crippen molar-refractivity contribution in [1.82, 2.24) is 0 Å². The molecule has 1 N–H and O–H groups in total. The molecule has 162 valence electrons. The molecule has 1 fully saturated rings. The number of hydrogen-bond acceptors (Lipinski definition) is 4. The number of aliphatic hydroxyl groups is 1. The molecule has 1 aliphatic heterocycles. The molecule has 1 atom stereocenters. The Morgan fingerprint density at radius 3 is 2.48 bits per heavy atom. The molecule has 1 aromatic rings. The van der Waals surface area contributed by atoms with E-state index in [4.69, 9.17) is 4.74 Å². The van der Waals surface area contributed by atoms with Crippen molar-refractivity contribution >= 4 is 11.8 Å². The Balaban J connectivity index is 1.60. The van der Waals surface area contributed by atoms with Crippen LogP contribution in [0.25, 0.3) is 6.08 Å². The second kappa shape index (κ2) is 8.47. The molecule has 1 heterocycles. The van der Waals surface area contributed by atoms with E-state index < -0.39 is 25.0 Å². The molecule has 0 bridgehead atoms. The highest BCUT2D eigenvalue weighted by atomic mass is 19.4. The van der Waals surface area contributed by atoms with Gasteiger partial charge in [-0.1, -0.05) is 12.2 Å². The largest absolute Gasteiger partial charge is 0.435 e. The third-order valence-electron chi connectivity index (χ3n) is 5.43. The number of anilines is 1. The average Bonchev–Trinajstić information content (AvgIpc) is 2.65. The van der Waals surface area contributed by atoms with Crippen molar-refractivity contribution in [1.29, 1.82) is 0 Å². The Morgan fingerprint density at radius 2 is 1.86 bits per heavy atom. The van der Waals surface area contributed by atoms with Crippen LogP contribution in [0.15, 0.2) is 24.3 Å². The number of ether oxygens (including phenoxy) is 2. The minimum Gasteiger partial charge on any atom is -0.435 e. The lowest BCUT2D eigenvalue weighted by Crippen LogP contribution is -2.48. The van der Waals surface area contributed by atoms with Crippen LogP contribution in [0.1, 0.15) is 38.2 Å². The fourth-order valence-corrected chi connectivity index (χ4v) is 3.71. The van der Waals surface area contributed by atoms with E-state index in [1.54, 1.807) is 12.1 Å². The third-order valence-corrected chi connectivity index (χ3v) is 5.43. The highest BCUT2D eigenvalue weighted by molar-refractivity contribution is 5.73. The third kappa shape index (κ3) is 5.19. The molecule has 29 heavy (non-hydrogen) atoms. The summed E-state index contributed by atoms with van der Waals surface area (Å²) < 4.78 is 73.1. The van der Waals surface area contributed by atoms with Crippen molar-refractivity contribution < 1.29 is 36.5 Å². The molecule has 3 rings (SSSR count). The molecule has 0 saturated heterocycles. The highest BCUT2D eigenvalue weighted by Gasteiger charge is 2.50. The van der Waals surface area contributed by atoms with E-state index in [9.17, 15) is 27.1 Å². The maximum absolute atomic E-state index is 12.7. The van der Waals surface area contributed by atoms with Gasteiger partial charge in [-0.25, -0.2) is 0 Å². The molecular formula is C20H24F5NO3. The van der Waals surface area contributed by atoms with Crippen LogP contribution in [0.4, 0.5) is 27.6 Å². The maximum Gasteiger partial charge on any atom is 0.419 e. The predicted molar refractivity (Wildman–Crippen MR) is 98.1 cm³/mol. The van der Waals surface area contributed by atoms with Gasteiger partial charge >= 0.3 is 12.8 Å². The average molecular weight is 421 g/mol. The second-order valence-corrected chi connectivity index (χ2v) is 7.67. The van der Waals surface area contributed by atoms with E-state index >= 15 is 0 Å². The summed E-state index contributed by atoms with van der Waals surface area (Å²) in [7, 11) is 0. The first-order chi connectivity index (χ1) is 13.6. The monoisotopic (exact) mass is 421 g/mol. The molecule has 2 aliphatic rings. The first-order valence-corrected chi connectivity index (χ1v) is 9.49. The first kappa shape index (κ1) is 21.8. The van der Waals surface area contributed by atoms with E-state index in [-0.39, 0.29) is 17.9 Å². The standard InChI is InChI=1S/C20H24F5NO3/c1-19(27,20(23,24)25)12-28-15-8-5-14(6-9-15)26-10-2-3-13-4-7-16(11-17(13)26)29-18(21)22/h2-4,7,11,14-15,18,27H,5-6,8-10,12H2,1H3. The maximum atomic E-state index is 12.7. The molecule has 1 saturated carbocycles. The lowest BCUT2D eigenvalue weighted by atomic mass is 9.90. The van der Waals surface area contributed by atoms with E-state index in [0.29, 0.717) is 39.2 Å². The van der Waals surface area contributed by atoms with Gasteiger partial charge in [-0.2, -0.15) is 22.0 Å². The lowest BCUT2D eigenvalue weighted by Gasteiger charge is -2.40. The van der Waals surface area contributed by atoms with E-state index in [0.717, 1.165) is 11.3 Å². The van der Waals surface area contributed by atoms with Crippen LogP contribution < -0.4 is 9.64 Å². The molecule has 9 heteroatoms. The molecule has 0 radical (unpaired) electrons. The normalized spacial score (nSPS) is 24.3. The van der Waals surface area contributed by atoms with E-state index in [1.165, 1.54) is 6.07 Å². The summed E-state index contributed by atoms with van der Waals surface area (Å²) in [6, 6.07) is 4.93. The SMILES string of the molecule is CC(O)(COC1CCC(N2CC=Cc3ccc(OC(F)F)cc32)CC1)C(F)(F)F. The highest BCUT2D eigenvalue weighted by Crippen LogP contribution is 2.37. The van der Waals surface area contributed by atoms with Crippen molar-refractivity contribution in [3.05, 3.63) is 29.8 Å². The fraction of sp³-hybridized carbons (Fsp3) is 0.600. The van der Waals surface area contributed by atoms with Crippen LogP contribution >= 0.6 is 0 Å². The predicted octanol–water partition coefficient (Wildman–Crippen LogP) is 4.76. The van der Waals surface area contributed by atoms with Crippen LogP contribution in [0.5, 0.6) is 5.75 Å². The van der Waals surface area contributed by atoms with Crippen molar-refractivity contribution in [2.75, 3.05) is 18.1 Å². The Bertz CT molecular complexity index is 727. The minimum absolute atomic E-state index is 0.0884. The van der Waals surface area contributed by atoms with Crippen molar-refractivity contribution in [3.63, 3.8) is 0 Å². The number of hydrogen-bond donors (Lipinski definition) is 1. The summed E-state index contributed by atoms with van der Waals surface area (Å²) in [6.45, 7) is -2.38. The zero-order valence-electron chi connectivity index (χ0n) is 16.0. The fourth-order valence-electron chi connectivity index (χ4n) is 3.71. The molecular weight excluding hydrogens is 397 g/mol. The summed E-state index contributed by atoms with van der Waals surface area (Å²) in [5.41, 5.74) is -1.17. The van der Waals surface area contributed by atoms with Gasteiger partial charge in [-0.05, 0) is 50.3 Å². The summed E-state index contributed by atoms with van der Waals surface area (Å²) in [4.78, 5) is 2.11. The summed E-state index contributed by atoms with van der Waals surface area (Å²) >= 11 is 0. The molecule has 1 aromatic carbocycles. The topological polar surface area (TPSA) is 41.9 Å². The number of alkyl halides is 5. The van der Waals surface area contributed by atoms with Crippen LogP contribution in [-0.4, -0.2) is 48.8 Å². The summed E-state index contributed by atoms with van der Waals surface area (Å²) in [5, 5.41) is 9.50. The zero-order valence-corrected chi connectivity index (χ0v) is 16.0. The molecule has 0 aromatic heterocycles. The summed E-state index contributed by atoms with van der Waals surface area (Å²) in [5.74, 6) is 0.0884.